The van der Waals surface area contributed by atoms with Crippen LogP contribution in [0.3, 0.4) is 0 Å². The third-order valence-electron chi connectivity index (χ3n) is 3.68. The van der Waals surface area contributed by atoms with E-state index in [2.05, 4.69) is 23.6 Å². The highest BCUT2D eigenvalue weighted by atomic mass is 16.5. The fraction of sp³-hybridized carbons (Fsp3) is 0.917. The molecule has 0 aromatic heterocycles. The summed E-state index contributed by atoms with van der Waals surface area (Å²) in [6.07, 6.45) is 2.19. The van der Waals surface area contributed by atoms with Crippen molar-refractivity contribution in [3.63, 3.8) is 0 Å². The smallest absolute Gasteiger partial charge is 0.323 e. The molecule has 2 heterocycles. The van der Waals surface area contributed by atoms with Crippen LogP contribution in [0.1, 0.15) is 26.7 Å². The lowest BCUT2D eigenvalue weighted by Gasteiger charge is -2.41. The maximum Gasteiger partial charge on any atom is 0.323 e. The molecule has 0 N–H and O–H groups in total. The van der Waals surface area contributed by atoms with Crippen molar-refractivity contribution >= 4 is 5.97 Å². The molecule has 2 saturated heterocycles. The van der Waals surface area contributed by atoms with Gasteiger partial charge in [0.05, 0.1) is 0 Å². The number of nitrogens with zero attached hydrogens (tertiary/aromatic N) is 2. The topological polar surface area (TPSA) is 32.8 Å². The van der Waals surface area contributed by atoms with E-state index in [9.17, 15) is 4.79 Å². The molecular formula is C12H22N2O2. The maximum atomic E-state index is 11.9. The summed E-state index contributed by atoms with van der Waals surface area (Å²) in [5, 5.41) is 0. The Kier molecular flexibility index (Phi) is 3.50. The Hall–Kier alpha value is -0.610. The summed E-state index contributed by atoms with van der Waals surface area (Å²) in [6, 6.07) is 0.567. The average molecular weight is 226 g/mol. The van der Waals surface area contributed by atoms with Gasteiger partial charge in [0.2, 0.25) is 0 Å². The summed E-state index contributed by atoms with van der Waals surface area (Å²) < 4.78 is 5.50. The van der Waals surface area contributed by atoms with E-state index in [1.54, 1.807) is 0 Å². The quantitative estimate of drug-likeness (QED) is 0.664. The molecule has 0 bridgehead atoms. The van der Waals surface area contributed by atoms with Crippen LogP contribution in [0.15, 0.2) is 0 Å². The van der Waals surface area contributed by atoms with Crippen molar-refractivity contribution < 1.29 is 9.53 Å². The highest BCUT2D eigenvalue weighted by Crippen LogP contribution is 2.20. The van der Waals surface area contributed by atoms with E-state index < -0.39 is 0 Å². The van der Waals surface area contributed by atoms with Crippen molar-refractivity contribution in [2.24, 2.45) is 0 Å². The van der Waals surface area contributed by atoms with Crippen LogP contribution in [-0.2, 0) is 9.53 Å². The van der Waals surface area contributed by atoms with Crippen molar-refractivity contribution in [2.45, 2.75) is 44.9 Å². The van der Waals surface area contributed by atoms with E-state index in [0.29, 0.717) is 6.04 Å². The van der Waals surface area contributed by atoms with Gasteiger partial charge in [-0.3, -0.25) is 14.6 Å². The highest BCUT2D eigenvalue weighted by molar-refractivity contribution is 5.76. The molecule has 2 aliphatic rings. The van der Waals surface area contributed by atoms with Gasteiger partial charge in [-0.05, 0) is 40.3 Å². The Bertz CT molecular complexity index is 262. The van der Waals surface area contributed by atoms with Crippen LogP contribution in [0, 0.1) is 0 Å². The van der Waals surface area contributed by atoms with Gasteiger partial charge in [0.25, 0.3) is 0 Å². The first kappa shape index (κ1) is 11.9. The number of likely N-dealkylation sites (N-methyl/N-ethyl adjacent to an activating group) is 1. The van der Waals surface area contributed by atoms with Crippen molar-refractivity contribution in [1.29, 1.82) is 0 Å². The normalized spacial score (nSPS) is 28.4. The number of rotatable bonds is 3. The third-order valence-corrected chi connectivity index (χ3v) is 3.68. The maximum absolute atomic E-state index is 11.9. The number of hydrogen-bond donors (Lipinski definition) is 0. The fourth-order valence-corrected chi connectivity index (χ4v) is 2.42. The van der Waals surface area contributed by atoms with Crippen molar-refractivity contribution in [3.05, 3.63) is 0 Å². The predicted octanol–water partition coefficient (Wildman–Crippen LogP) is 0.716. The summed E-state index contributed by atoms with van der Waals surface area (Å²) in [6.45, 7) is 7.16. The van der Waals surface area contributed by atoms with Crippen molar-refractivity contribution in [3.8, 4) is 0 Å². The molecule has 4 nitrogen and oxygen atoms in total. The molecule has 2 rings (SSSR count). The Morgan fingerprint density at radius 3 is 2.56 bits per heavy atom. The van der Waals surface area contributed by atoms with Gasteiger partial charge in [0.1, 0.15) is 12.1 Å². The summed E-state index contributed by atoms with van der Waals surface area (Å²) in [5.41, 5.74) is 0. The molecule has 0 aliphatic carbocycles. The number of esters is 1. The number of carbonyl (C=O) groups is 1. The second-order valence-electron chi connectivity index (χ2n) is 5.25. The Labute approximate surface area is 97.5 Å². The molecule has 0 amide bonds. The summed E-state index contributed by atoms with van der Waals surface area (Å²) in [5.74, 6) is -0.0200. The van der Waals surface area contributed by atoms with Gasteiger partial charge in [0, 0.05) is 19.1 Å². The van der Waals surface area contributed by atoms with Gasteiger partial charge in [-0.15, -0.1) is 0 Å². The van der Waals surface area contributed by atoms with Gasteiger partial charge >= 0.3 is 5.97 Å². The Balaban J connectivity index is 1.73. The van der Waals surface area contributed by atoms with Crippen LogP contribution in [0.4, 0.5) is 0 Å². The Morgan fingerprint density at radius 2 is 2.06 bits per heavy atom. The van der Waals surface area contributed by atoms with Gasteiger partial charge in [-0.25, -0.2) is 0 Å². The standard InChI is InChI=1S/C12H22N2O2/c1-9(2)14-7-10(8-14)16-12(15)11-5-4-6-13(11)3/h9-11H,4-8H2,1-3H3/t11-/m0/s1. The third kappa shape index (κ3) is 2.38. The van der Waals surface area contributed by atoms with Crippen LogP contribution in [0.5, 0.6) is 0 Å². The zero-order valence-corrected chi connectivity index (χ0v) is 10.5. The molecule has 0 saturated carbocycles. The molecule has 0 radical (unpaired) electrons. The molecule has 0 unspecified atom stereocenters. The molecule has 1 atom stereocenters. The van der Waals surface area contributed by atoms with Crippen LogP contribution in [-0.4, -0.2) is 60.6 Å². The van der Waals surface area contributed by atoms with Gasteiger partial charge in [-0.2, -0.15) is 0 Å². The molecule has 16 heavy (non-hydrogen) atoms. The second kappa shape index (κ2) is 4.72. The van der Waals surface area contributed by atoms with E-state index in [1.165, 1.54) is 0 Å². The number of likely N-dealkylation sites (tertiary alicyclic amines) is 2. The number of ether oxygens (including phenoxy) is 1. The van der Waals surface area contributed by atoms with Gasteiger partial charge in [0.15, 0.2) is 0 Å². The molecular weight excluding hydrogens is 204 g/mol. The van der Waals surface area contributed by atoms with Crippen molar-refractivity contribution in [2.75, 3.05) is 26.7 Å². The van der Waals surface area contributed by atoms with Crippen LogP contribution < -0.4 is 0 Å². The first-order chi connectivity index (χ1) is 7.58. The van der Waals surface area contributed by atoms with Crippen LogP contribution in [0.25, 0.3) is 0 Å². The largest absolute Gasteiger partial charge is 0.458 e. The second-order valence-corrected chi connectivity index (χ2v) is 5.25. The lowest BCUT2D eigenvalue weighted by molar-refractivity contribution is -0.163. The molecule has 0 spiro atoms. The molecule has 0 aromatic carbocycles. The van der Waals surface area contributed by atoms with Crippen LogP contribution >= 0.6 is 0 Å². The fourth-order valence-electron chi connectivity index (χ4n) is 2.42. The zero-order valence-electron chi connectivity index (χ0n) is 10.5. The minimum absolute atomic E-state index is 0.00750. The monoisotopic (exact) mass is 226 g/mol. The lowest BCUT2D eigenvalue weighted by Crippen LogP contribution is -2.56. The van der Waals surface area contributed by atoms with Crippen LogP contribution in [0.2, 0.25) is 0 Å². The summed E-state index contributed by atoms with van der Waals surface area (Å²) in [7, 11) is 2.00. The Morgan fingerprint density at radius 1 is 1.38 bits per heavy atom. The lowest BCUT2D eigenvalue weighted by atomic mass is 10.1. The molecule has 4 heteroatoms. The number of hydrogen-bond acceptors (Lipinski definition) is 4. The predicted molar refractivity (Wildman–Crippen MR) is 62.2 cm³/mol. The molecule has 2 aliphatic heterocycles. The summed E-state index contributed by atoms with van der Waals surface area (Å²) in [4.78, 5) is 16.3. The van der Waals surface area contributed by atoms with Crippen molar-refractivity contribution in [1.82, 2.24) is 9.80 Å². The van der Waals surface area contributed by atoms with E-state index in [0.717, 1.165) is 32.5 Å². The van der Waals surface area contributed by atoms with Gasteiger partial charge in [-0.1, -0.05) is 0 Å². The molecule has 92 valence electrons. The van der Waals surface area contributed by atoms with E-state index in [4.69, 9.17) is 4.74 Å². The number of carbonyl (C=O) groups excluding carboxylic acids is 1. The summed E-state index contributed by atoms with van der Waals surface area (Å²) >= 11 is 0. The zero-order chi connectivity index (χ0) is 11.7. The van der Waals surface area contributed by atoms with E-state index in [1.807, 2.05) is 7.05 Å². The SMILES string of the molecule is CC(C)N1CC(OC(=O)[C@@H]2CCCN2C)C1. The van der Waals surface area contributed by atoms with E-state index in [-0.39, 0.29) is 18.1 Å². The minimum Gasteiger partial charge on any atom is -0.458 e. The first-order valence-corrected chi connectivity index (χ1v) is 6.22. The first-order valence-electron chi connectivity index (χ1n) is 6.22. The molecule has 0 aromatic rings. The van der Waals surface area contributed by atoms with E-state index >= 15 is 0 Å². The van der Waals surface area contributed by atoms with Gasteiger partial charge < -0.3 is 4.74 Å². The highest BCUT2D eigenvalue weighted by Gasteiger charge is 2.35. The average Bonchev–Trinajstić information content (AvgIpc) is 2.56. The minimum atomic E-state index is -0.0200. The molecule has 2 fully saturated rings.